The molecule has 0 bridgehead atoms. The number of rotatable bonds is 10. The SMILES string of the molecule is C#Cc1ccc(C(C(=O)NC(C)C)N(CCCCC)C(=O)CNC(=O)OC(C)(C)C)cc1. The molecule has 0 spiro atoms. The highest BCUT2D eigenvalue weighted by Crippen LogP contribution is 2.23. The van der Waals surface area contributed by atoms with Crippen molar-refractivity contribution in [3.8, 4) is 12.3 Å². The average molecular weight is 444 g/mol. The molecule has 7 nitrogen and oxygen atoms in total. The third kappa shape index (κ3) is 9.42. The van der Waals surface area contributed by atoms with Gasteiger partial charge >= 0.3 is 6.09 Å². The van der Waals surface area contributed by atoms with Gasteiger partial charge in [0, 0.05) is 18.2 Å². The van der Waals surface area contributed by atoms with E-state index in [1.807, 2.05) is 13.8 Å². The van der Waals surface area contributed by atoms with Gasteiger partial charge in [0.1, 0.15) is 18.2 Å². The fraction of sp³-hybridized carbons (Fsp3) is 0.560. The average Bonchev–Trinajstić information content (AvgIpc) is 2.70. The molecule has 0 saturated heterocycles. The Kier molecular flexibility index (Phi) is 10.8. The standard InChI is InChI=1S/C25H37N3O4/c1-8-10-11-16-28(21(29)17-26-24(31)32-25(5,6)7)22(23(30)27-18(3)4)20-14-12-19(9-2)13-15-20/h2,12-15,18,22H,8,10-11,16-17H2,1,3-7H3,(H,26,31)(H,27,30). The topological polar surface area (TPSA) is 87.7 Å². The van der Waals surface area contributed by atoms with Gasteiger partial charge in [-0.2, -0.15) is 0 Å². The number of terminal acetylenes is 1. The summed E-state index contributed by atoms with van der Waals surface area (Å²) in [4.78, 5) is 39.9. The normalized spacial score (nSPS) is 11.9. The van der Waals surface area contributed by atoms with Crippen molar-refractivity contribution in [3.63, 3.8) is 0 Å². The van der Waals surface area contributed by atoms with Crippen molar-refractivity contribution in [1.82, 2.24) is 15.5 Å². The molecule has 0 aliphatic carbocycles. The van der Waals surface area contributed by atoms with Crippen LogP contribution >= 0.6 is 0 Å². The van der Waals surface area contributed by atoms with Crippen LogP contribution in [0.25, 0.3) is 0 Å². The molecule has 0 saturated carbocycles. The molecule has 2 N–H and O–H groups in total. The van der Waals surface area contributed by atoms with Crippen molar-refractivity contribution in [3.05, 3.63) is 35.4 Å². The van der Waals surface area contributed by atoms with E-state index in [1.54, 1.807) is 45.0 Å². The fourth-order valence-electron chi connectivity index (χ4n) is 3.09. The molecule has 32 heavy (non-hydrogen) atoms. The summed E-state index contributed by atoms with van der Waals surface area (Å²) in [5.74, 6) is 1.91. The van der Waals surface area contributed by atoms with Crippen LogP contribution in [0.5, 0.6) is 0 Å². The zero-order chi connectivity index (χ0) is 24.3. The first-order chi connectivity index (χ1) is 15.0. The largest absolute Gasteiger partial charge is 0.444 e. The molecule has 0 heterocycles. The summed E-state index contributed by atoms with van der Waals surface area (Å²) in [6.07, 6.45) is 7.40. The van der Waals surface area contributed by atoms with E-state index in [4.69, 9.17) is 11.2 Å². The van der Waals surface area contributed by atoms with Crippen LogP contribution in [-0.2, 0) is 14.3 Å². The lowest BCUT2D eigenvalue weighted by molar-refractivity contribution is -0.140. The van der Waals surface area contributed by atoms with Crippen molar-refractivity contribution in [2.75, 3.05) is 13.1 Å². The van der Waals surface area contributed by atoms with Crippen LogP contribution < -0.4 is 10.6 Å². The van der Waals surface area contributed by atoms with Gasteiger partial charge in [0.05, 0.1) is 0 Å². The Hall–Kier alpha value is -3.01. The summed E-state index contributed by atoms with van der Waals surface area (Å²) in [6.45, 7) is 11.2. The van der Waals surface area contributed by atoms with Gasteiger partial charge in [0.15, 0.2) is 0 Å². The number of benzene rings is 1. The number of unbranched alkanes of at least 4 members (excludes halogenated alkanes) is 2. The maximum absolute atomic E-state index is 13.2. The molecule has 1 aromatic rings. The lowest BCUT2D eigenvalue weighted by atomic mass is 10.0. The van der Waals surface area contributed by atoms with Crippen LogP contribution in [0.2, 0.25) is 0 Å². The van der Waals surface area contributed by atoms with Crippen LogP contribution in [0.4, 0.5) is 4.79 Å². The van der Waals surface area contributed by atoms with Crippen molar-refractivity contribution in [2.24, 2.45) is 0 Å². The first kappa shape index (κ1) is 27.0. The molecule has 1 aromatic carbocycles. The Balaban J connectivity index is 3.19. The maximum atomic E-state index is 13.2. The van der Waals surface area contributed by atoms with Gasteiger partial charge in [-0.3, -0.25) is 9.59 Å². The quantitative estimate of drug-likeness (QED) is 0.426. The lowest BCUT2D eigenvalue weighted by Gasteiger charge is -2.32. The Morgan fingerprint density at radius 2 is 1.75 bits per heavy atom. The molecule has 0 aromatic heterocycles. The van der Waals surface area contributed by atoms with Gasteiger partial charge in [-0.15, -0.1) is 6.42 Å². The predicted octanol–water partition coefficient (Wildman–Crippen LogP) is 3.78. The second kappa shape index (κ2) is 12.7. The molecule has 7 heteroatoms. The minimum atomic E-state index is -0.839. The van der Waals surface area contributed by atoms with Gasteiger partial charge in [0.2, 0.25) is 11.8 Å². The molecule has 0 aliphatic heterocycles. The summed E-state index contributed by atoms with van der Waals surface area (Å²) in [5.41, 5.74) is 0.670. The molecular weight excluding hydrogens is 406 g/mol. The van der Waals surface area contributed by atoms with Crippen molar-refractivity contribution < 1.29 is 19.1 Å². The van der Waals surface area contributed by atoms with Crippen molar-refractivity contribution in [2.45, 2.75) is 78.5 Å². The molecule has 1 atom stereocenters. The molecule has 1 unspecified atom stereocenters. The summed E-state index contributed by atoms with van der Waals surface area (Å²) in [6, 6.07) is 6.09. The highest BCUT2D eigenvalue weighted by atomic mass is 16.6. The van der Waals surface area contributed by atoms with E-state index in [2.05, 4.69) is 23.5 Å². The highest BCUT2D eigenvalue weighted by molar-refractivity contribution is 5.90. The number of alkyl carbamates (subject to hydrolysis) is 1. The van der Waals surface area contributed by atoms with E-state index < -0.39 is 17.7 Å². The number of amides is 3. The first-order valence-electron chi connectivity index (χ1n) is 11.1. The maximum Gasteiger partial charge on any atom is 0.408 e. The molecule has 0 fully saturated rings. The van der Waals surface area contributed by atoms with Crippen molar-refractivity contribution >= 4 is 17.9 Å². The molecule has 0 radical (unpaired) electrons. The van der Waals surface area contributed by atoms with Crippen LogP contribution in [0, 0.1) is 12.3 Å². The van der Waals surface area contributed by atoms with Crippen LogP contribution in [0.1, 0.15) is 78.0 Å². The number of nitrogens with one attached hydrogen (secondary N) is 2. The third-order valence-corrected chi connectivity index (χ3v) is 4.49. The lowest BCUT2D eigenvalue weighted by Crippen LogP contribution is -2.49. The Bertz CT molecular complexity index is 804. The van der Waals surface area contributed by atoms with E-state index in [-0.39, 0.29) is 24.4 Å². The molecule has 176 valence electrons. The second-order valence-electron chi connectivity index (χ2n) is 8.98. The summed E-state index contributed by atoms with van der Waals surface area (Å²) in [7, 11) is 0. The predicted molar refractivity (Wildman–Crippen MR) is 126 cm³/mol. The smallest absolute Gasteiger partial charge is 0.408 e. The first-order valence-corrected chi connectivity index (χ1v) is 11.1. The van der Waals surface area contributed by atoms with Gasteiger partial charge in [0.25, 0.3) is 0 Å². The molecule has 0 aliphatic rings. The number of hydrogen-bond donors (Lipinski definition) is 2. The number of carbonyl (C=O) groups excluding carboxylic acids is 3. The number of ether oxygens (including phenoxy) is 1. The zero-order valence-corrected chi connectivity index (χ0v) is 20.2. The van der Waals surface area contributed by atoms with Crippen LogP contribution in [-0.4, -0.2) is 47.5 Å². The Labute approximate surface area is 192 Å². The van der Waals surface area contributed by atoms with E-state index >= 15 is 0 Å². The summed E-state index contributed by atoms with van der Waals surface area (Å²) in [5, 5.41) is 5.41. The second-order valence-corrected chi connectivity index (χ2v) is 8.98. The Morgan fingerprint density at radius 3 is 2.25 bits per heavy atom. The van der Waals surface area contributed by atoms with E-state index in [1.165, 1.54) is 4.90 Å². The highest BCUT2D eigenvalue weighted by Gasteiger charge is 2.31. The third-order valence-electron chi connectivity index (χ3n) is 4.49. The van der Waals surface area contributed by atoms with Gasteiger partial charge in [-0.1, -0.05) is 37.8 Å². The number of hydrogen-bond acceptors (Lipinski definition) is 4. The summed E-state index contributed by atoms with van der Waals surface area (Å²) < 4.78 is 5.22. The van der Waals surface area contributed by atoms with Gasteiger partial charge < -0.3 is 20.3 Å². The van der Waals surface area contributed by atoms with E-state index in [0.717, 1.165) is 19.3 Å². The van der Waals surface area contributed by atoms with Gasteiger partial charge in [-0.25, -0.2) is 4.79 Å². The fourth-order valence-corrected chi connectivity index (χ4v) is 3.09. The molecule has 3 amide bonds. The monoisotopic (exact) mass is 443 g/mol. The van der Waals surface area contributed by atoms with Crippen molar-refractivity contribution in [1.29, 1.82) is 0 Å². The number of nitrogens with zero attached hydrogens (tertiary/aromatic N) is 1. The zero-order valence-electron chi connectivity index (χ0n) is 20.2. The van der Waals surface area contributed by atoms with E-state index in [0.29, 0.717) is 17.7 Å². The van der Waals surface area contributed by atoms with E-state index in [9.17, 15) is 14.4 Å². The van der Waals surface area contributed by atoms with Crippen LogP contribution in [0.15, 0.2) is 24.3 Å². The van der Waals surface area contributed by atoms with Crippen LogP contribution in [0.3, 0.4) is 0 Å². The summed E-state index contributed by atoms with van der Waals surface area (Å²) >= 11 is 0. The Morgan fingerprint density at radius 1 is 1.12 bits per heavy atom. The minimum absolute atomic E-state index is 0.0949. The minimum Gasteiger partial charge on any atom is -0.444 e. The molecular formula is C25H37N3O4. The number of carbonyl (C=O) groups is 3. The molecule has 1 rings (SSSR count). The van der Waals surface area contributed by atoms with Gasteiger partial charge in [-0.05, 0) is 58.7 Å².